The van der Waals surface area contributed by atoms with Gasteiger partial charge >= 0.3 is 0 Å². The fourth-order valence-corrected chi connectivity index (χ4v) is 4.45. The fraction of sp³-hybridized carbons (Fsp3) is 0.750. The van der Waals surface area contributed by atoms with Crippen LogP contribution in [0.15, 0.2) is 18.7 Å². The summed E-state index contributed by atoms with van der Waals surface area (Å²) < 4.78 is 54.5. The molecule has 2 fully saturated rings. The number of hydrogen-bond acceptors (Lipinski definition) is 3. The van der Waals surface area contributed by atoms with Gasteiger partial charge in [0.25, 0.3) is 5.92 Å². The number of alkyl halides is 2. The third-order valence-corrected chi connectivity index (χ3v) is 6.53. The Morgan fingerprint density at radius 3 is 2.80 bits per heavy atom. The van der Waals surface area contributed by atoms with Gasteiger partial charge in [-0.05, 0) is 6.42 Å². The monoisotopic (exact) mass is 305 g/mol. The molecule has 2 unspecified atom stereocenters. The molecule has 112 valence electrons. The van der Waals surface area contributed by atoms with Gasteiger partial charge in [-0.15, -0.1) is 0 Å². The van der Waals surface area contributed by atoms with Crippen molar-refractivity contribution in [1.29, 1.82) is 0 Å². The predicted octanol–water partition coefficient (Wildman–Crippen LogP) is 1.19. The summed E-state index contributed by atoms with van der Waals surface area (Å²) in [5.41, 5.74) is -0.997. The zero-order valence-electron chi connectivity index (χ0n) is 11.2. The van der Waals surface area contributed by atoms with Gasteiger partial charge < -0.3 is 4.57 Å². The van der Waals surface area contributed by atoms with E-state index in [4.69, 9.17) is 0 Å². The number of sulfonamides is 1. The van der Waals surface area contributed by atoms with Gasteiger partial charge in [0.05, 0.1) is 12.1 Å². The van der Waals surface area contributed by atoms with Gasteiger partial charge in [-0.25, -0.2) is 26.5 Å². The highest BCUT2D eigenvalue weighted by atomic mass is 32.2. The van der Waals surface area contributed by atoms with Crippen molar-refractivity contribution in [1.82, 2.24) is 13.9 Å². The van der Waals surface area contributed by atoms with Crippen LogP contribution >= 0.6 is 0 Å². The minimum Gasteiger partial charge on any atom is -0.336 e. The molecule has 0 radical (unpaired) electrons. The number of aryl methyl sites for hydroxylation is 1. The summed E-state index contributed by atoms with van der Waals surface area (Å²) in [4.78, 5) is 3.84. The van der Waals surface area contributed by atoms with Crippen LogP contribution < -0.4 is 0 Å². The number of piperidine rings is 1. The van der Waals surface area contributed by atoms with E-state index < -0.39 is 27.3 Å². The standard InChI is InChI=1S/C12H17F2N3O2S/c1-11-2-4-17(8-10(11)12(11,13)14)20(18,19)7-6-16-5-3-15-9-16/h3,5,9-10H,2,4,6-8H2,1H3. The van der Waals surface area contributed by atoms with Crippen LogP contribution in [0.25, 0.3) is 0 Å². The summed E-state index contributed by atoms with van der Waals surface area (Å²) in [5, 5.41) is 0. The molecule has 0 N–H and O–H groups in total. The highest BCUT2D eigenvalue weighted by Crippen LogP contribution is 2.69. The van der Waals surface area contributed by atoms with E-state index in [1.54, 1.807) is 23.9 Å². The number of hydrogen-bond donors (Lipinski definition) is 0. The Kier molecular flexibility index (Phi) is 2.95. The molecule has 5 nitrogen and oxygen atoms in total. The van der Waals surface area contributed by atoms with E-state index in [1.165, 1.54) is 10.6 Å². The molecule has 3 rings (SSSR count). The molecular formula is C12H17F2N3O2S. The van der Waals surface area contributed by atoms with Gasteiger partial charge in [0, 0.05) is 43.4 Å². The summed E-state index contributed by atoms with van der Waals surface area (Å²) in [6.07, 6.45) is 5.02. The molecule has 2 atom stereocenters. The van der Waals surface area contributed by atoms with Gasteiger partial charge in [-0.3, -0.25) is 0 Å². The molecule has 1 saturated carbocycles. The van der Waals surface area contributed by atoms with Crippen LogP contribution in [0.5, 0.6) is 0 Å². The minimum atomic E-state index is -3.49. The van der Waals surface area contributed by atoms with Crippen molar-refractivity contribution in [2.45, 2.75) is 25.8 Å². The summed E-state index contributed by atoms with van der Waals surface area (Å²) in [6, 6.07) is 0. The van der Waals surface area contributed by atoms with Crippen molar-refractivity contribution in [3.05, 3.63) is 18.7 Å². The van der Waals surface area contributed by atoms with E-state index in [2.05, 4.69) is 4.98 Å². The topological polar surface area (TPSA) is 55.2 Å². The number of halogens is 2. The fourth-order valence-electron chi connectivity index (χ4n) is 3.00. The van der Waals surface area contributed by atoms with Gasteiger partial charge in [0.1, 0.15) is 0 Å². The zero-order valence-corrected chi connectivity index (χ0v) is 12.0. The molecule has 0 amide bonds. The molecule has 1 aliphatic carbocycles. The maximum Gasteiger partial charge on any atom is 0.258 e. The number of nitrogens with zero attached hydrogens (tertiary/aromatic N) is 3. The molecule has 1 aliphatic heterocycles. The molecule has 1 aromatic rings. The highest BCUT2D eigenvalue weighted by molar-refractivity contribution is 7.89. The lowest BCUT2D eigenvalue weighted by Crippen LogP contribution is -2.40. The lowest BCUT2D eigenvalue weighted by molar-refractivity contribution is 0.0636. The Morgan fingerprint density at radius 2 is 2.20 bits per heavy atom. The normalized spacial score (nSPS) is 32.9. The summed E-state index contributed by atoms with van der Waals surface area (Å²) >= 11 is 0. The van der Waals surface area contributed by atoms with Crippen LogP contribution in [-0.4, -0.2) is 47.0 Å². The quantitative estimate of drug-likeness (QED) is 0.839. The van der Waals surface area contributed by atoms with Crippen LogP contribution in [0.3, 0.4) is 0 Å². The molecule has 1 aromatic heterocycles. The Hall–Kier alpha value is -1.02. The first-order valence-electron chi connectivity index (χ1n) is 6.59. The average molecular weight is 305 g/mol. The number of rotatable bonds is 4. The lowest BCUT2D eigenvalue weighted by atomic mass is 9.99. The van der Waals surface area contributed by atoms with Crippen molar-refractivity contribution in [2.75, 3.05) is 18.8 Å². The maximum absolute atomic E-state index is 13.6. The summed E-state index contributed by atoms with van der Waals surface area (Å²) in [6.45, 7) is 1.97. The third kappa shape index (κ3) is 1.96. The Bertz CT molecular complexity index is 602. The number of fused-ring (bicyclic) bond motifs is 1. The van der Waals surface area contributed by atoms with Crippen LogP contribution in [0.2, 0.25) is 0 Å². The van der Waals surface area contributed by atoms with Crippen molar-refractivity contribution in [2.24, 2.45) is 11.3 Å². The first-order chi connectivity index (χ1) is 9.27. The molecule has 0 spiro atoms. The molecule has 0 bridgehead atoms. The van der Waals surface area contributed by atoms with E-state index in [-0.39, 0.29) is 31.8 Å². The average Bonchev–Trinajstić information content (AvgIpc) is 2.77. The summed E-state index contributed by atoms with van der Waals surface area (Å²) in [7, 11) is -3.49. The molecule has 2 heterocycles. The van der Waals surface area contributed by atoms with Gasteiger partial charge in [0.15, 0.2) is 0 Å². The van der Waals surface area contributed by atoms with Gasteiger partial charge in [-0.1, -0.05) is 6.92 Å². The van der Waals surface area contributed by atoms with E-state index in [9.17, 15) is 17.2 Å². The number of aromatic nitrogens is 2. The van der Waals surface area contributed by atoms with E-state index in [0.29, 0.717) is 0 Å². The van der Waals surface area contributed by atoms with E-state index in [0.717, 1.165) is 0 Å². The van der Waals surface area contributed by atoms with Crippen LogP contribution in [0.4, 0.5) is 8.78 Å². The Labute approximate surface area is 116 Å². The molecule has 0 aromatic carbocycles. The Morgan fingerprint density at radius 1 is 1.45 bits per heavy atom. The second-order valence-corrected chi connectivity index (χ2v) is 7.91. The first kappa shape index (κ1) is 13.9. The highest BCUT2D eigenvalue weighted by Gasteiger charge is 2.78. The molecular weight excluding hydrogens is 288 g/mol. The van der Waals surface area contributed by atoms with Crippen LogP contribution in [-0.2, 0) is 16.6 Å². The van der Waals surface area contributed by atoms with Gasteiger partial charge in [0.2, 0.25) is 10.0 Å². The first-order valence-corrected chi connectivity index (χ1v) is 8.20. The molecule has 20 heavy (non-hydrogen) atoms. The van der Waals surface area contributed by atoms with Crippen molar-refractivity contribution < 1.29 is 17.2 Å². The largest absolute Gasteiger partial charge is 0.336 e. The predicted molar refractivity (Wildman–Crippen MR) is 68.7 cm³/mol. The second kappa shape index (κ2) is 4.24. The Balaban J connectivity index is 1.65. The summed E-state index contributed by atoms with van der Waals surface area (Å²) in [5.74, 6) is -3.63. The van der Waals surface area contributed by atoms with Crippen molar-refractivity contribution in [3.63, 3.8) is 0 Å². The SMILES string of the molecule is CC12CCN(S(=O)(=O)CCn3ccnc3)CC1C2(F)F. The van der Waals surface area contributed by atoms with Crippen LogP contribution in [0.1, 0.15) is 13.3 Å². The van der Waals surface area contributed by atoms with E-state index in [1.807, 2.05) is 0 Å². The maximum atomic E-state index is 13.6. The second-order valence-electron chi connectivity index (χ2n) is 5.82. The minimum absolute atomic E-state index is 0.0598. The number of imidazole rings is 1. The smallest absolute Gasteiger partial charge is 0.258 e. The zero-order chi connectivity index (χ0) is 14.6. The molecule has 8 heteroatoms. The van der Waals surface area contributed by atoms with Crippen molar-refractivity contribution >= 4 is 10.0 Å². The van der Waals surface area contributed by atoms with Crippen molar-refractivity contribution in [3.8, 4) is 0 Å². The van der Waals surface area contributed by atoms with Crippen LogP contribution in [0, 0.1) is 11.3 Å². The lowest BCUT2D eigenvalue weighted by Gasteiger charge is -2.27. The van der Waals surface area contributed by atoms with Gasteiger partial charge in [-0.2, -0.15) is 0 Å². The molecule has 1 saturated heterocycles. The molecule has 2 aliphatic rings. The third-order valence-electron chi connectivity index (χ3n) is 4.71. The van der Waals surface area contributed by atoms with E-state index >= 15 is 0 Å².